The molecular weight excluding hydrogens is 695 g/mol. The number of hydrogen-bond donors (Lipinski definition) is 2. The second-order valence-electron chi connectivity index (χ2n) is 15.3. The molecule has 1 unspecified atom stereocenters. The lowest BCUT2D eigenvalue weighted by Crippen LogP contribution is -2.45. The van der Waals surface area contributed by atoms with E-state index in [2.05, 4.69) is 31.3 Å². The van der Waals surface area contributed by atoms with Gasteiger partial charge in [0.25, 0.3) is 7.82 Å². The number of allylic oxidation sites excluding steroid dienone is 3. The Morgan fingerprint density at radius 3 is 1.52 bits per heavy atom. The number of amides is 1. The summed E-state index contributed by atoms with van der Waals surface area (Å²) in [4.78, 5) is 25.7. The van der Waals surface area contributed by atoms with Gasteiger partial charge in [0.05, 0.1) is 52.0 Å². The molecule has 1 amide bonds. The van der Waals surface area contributed by atoms with Crippen molar-refractivity contribution >= 4 is 13.7 Å². The van der Waals surface area contributed by atoms with Gasteiger partial charge in [-0.2, -0.15) is 0 Å². The van der Waals surface area contributed by atoms with Crippen LogP contribution in [0.25, 0.3) is 0 Å². The van der Waals surface area contributed by atoms with E-state index in [1.54, 1.807) is 6.08 Å². The molecule has 0 spiro atoms. The molecule has 0 fully saturated rings. The first-order chi connectivity index (χ1) is 29.8. The molecule has 0 radical (unpaired) electrons. The maximum Gasteiger partial charge on any atom is 0.268 e. The molecular formula is C45H89N2O6P. The maximum absolute atomic E-state index is 13.0. The van der Waals surface area contributed by atoms with Gasteiger partial charge in [0.1, 0.15) is 13.2 Å². The molecule has 0 saturated heterocycles. The van der Waals surface area contributed by atoms with Gasteiger partial charge in [0.15, 0.2) is 0 Å². The minimum atomic E-state index is -5.29. The summed E-state index contributed by atoms with van der Waals surface area (Å²) in [5, 5.41) is 13.7. The summed E-state index contributed by atoms with van der Waals surface area (Å²) in [6.45, 7) is -9.33. The Morgan fingerprint density at radius 1 is 0.667 bits per heavy atom. The molecule has 0 rings (SSSR count). The zero-order valence-electron chi connectivity index (χ0n) is 43.7. The number of nitrogens with zero attached hydrogens (tertiary/aromatic N) is 1. The highest BCUT2D eigenvalue weighted by Gasteiger charge is 2.23. The summed E-state index contributed by atoms with van der Waals surface area (Å²) in [7, 11) is -5.29. The van der Waals surface area contributed by atoms with E-state index in [9.17, 15) is 19.4 Å². The molecule has 0 saturated carbocycles. The molecule has 0 bridgehead atoms. The minimum absolute atomic E-state index is 0.170. The van der Waals surface area contributed by atoms with Crippen molar-refractivity contribution < 1.29 is 45.2 Å². The van der Waals surface area contributed by atoms with Crippen LogP contribution >= 0.6 is 7.82 Å². The minimum Gasteiger partial charge on any atom is -0.756 e. The van der Waals surface area contributed by atoms with Crippen molar-refractivity contribution in [1.82, 2.24) is 5.32 Å². The first-order valence-corrected chi connectivity index (χ1v) is 23.5. The molecule has 0 aliphatic rings. The van der Waals surface area contributed by atoms with Crippen LogP contribution in [0.3, 0.4) is 0 Å². The van der Waals surface area contributed by atoms with Crippen LogP contribution in [-0.2, 0) is 18.4 Å². The van der Waals surface area contributed by atoms with E-state index in [4.69, 9.17) is 21.4 Å². The normalized spacial score (nSPS) is 17.7. The Labute approximate surface area is 347 Å². The van der Waals surface area contributed by atoms with Gasteiger partial charge in [-0.25, -0.2) is 0 Å². The van der Waals surface area contributed by atoms with Gasteiger partial charge in [0, 0.05) is 6.42 Å². The number of phosphoric acid groups is 1. The fraction of sp³-hybridized carbons (Fsp3) is 0.889. The lowest BCUT2D eigenvalue weighted by atomic mass is 10.0. The number of likely N-dealkylation sites (N-methyl/N-ethyl adjacent to an activating group) is 1. The van der Waals surface area contributed by atoms with Crippen molar-refractivity contribution in [2.24, 2.45) is 0 Å². The summed E-state index contributed by atoms with van der Waals surface area (Å²) in [5.41, 5.74) is 0. The van der Waals surface area contributed by atoms with E-state index in [1.807, 2.05) is 0 Å². The lowest BCUT2D eigenvalue weighted by Gasteiger charge is -2.29. The third-order valence-corrected chi connectivity index (χ3v) is 10.8. The molecule has 320 valence electrons. The number of carbonyl (C=O) groups is 1. The van der Waals surface area contributed by atoms with Crippen LogP contribution in [0.1, 0.15) is 219 Å². The van der Waals surface area contributed by atoms with Crippen LogP contribution < -0.4 is 10.2 Å². The summed E-state index contributed by atoms with van der Waals surface area (Å²) in [6, 6.07) is -1.19. The number of hydrogen-bond acceptors (Lipinski definition) is 6. The number of phosphoric ester groups is 1. The number of aliphatic hydroxyl groups is 1. The third-order valence-electron chi connectivity index (χ3n) is 9.82. The Kier molecular flexibility index (Phi) is 26.8. The maximum atomic E-state index is 13.0. The standard InChI is InChI=1S/C45H89N2O6P/c1-6-8-10-12-14-16-18-20-21-22-23-24-25-27-29-31-33-35-37-39-45(49)46-43(42-53-54(50,51)52-41-40-47(3,4)5)44(48)38-36-34-32-30-28-26-19-17-15-13-11-9-7-2/h20-21,36,38,43-44,48H,6-19,22-35,37,39-42H2,1-5H3,(H-,46,49,50,51)/b21-20-,38-36+/t43-,44+/m0/s1/i3D3,4D3,5D3. The van der Waals surface area contributed by atoms with Crippen LogP contribution in [0, 0.1) is 0 Å². The summed E-state index contributed by atoms with van der Waals surface area (Å²) in [5.74, 6) is -0.390. The highest BCUT2D eigenvalue weighted by Crippen LogP contribution is 2.38. The fourth-order valence-corrected chi connectivity index (χ4v) is 7.09. The second kappa shape index (κ2) is 37.6. The van der Waals surface area contributed by atoms with Crippen molar-refractivity contribution in [3.8, 4) is 0 Å². The highest BCUT2D eigenvalue weighted by molar-refractivity contribution is 7.45. The molecule has 0 aromatic rings. The second-order valence-corrected chi connectivity index (χ2v) is 16.7. The monoisotopic (exact) mass is 794 g/mol. The Hall–Kier alpha value is -1.02. The summed E-state index contributed by atoms with van der Waals surface area (Å²) < 4.78 is 89.6. The van der Waals surface area contributed by atoms with E-state index in [0.29, 0.717) is 12.8 Å². The number of nitrogens with one attached hydrogen (secondary N) is 1. The van der Waals surface area contributed by atoms with Gasteiger partial charge < -0.3 is 28.8 Å². The predicted octanol–water partition coefficient (Wildman–Crippen LogP) is 11.9. The average Bonchev–Trinajstić information content (AvgIpc) is 3.19. The molecule has 2 N–H and O–H groups in total. The predicted molar refractivity (Wildman–Crippen MR) is 228 cm³/mol. The Morgan fingerprint density at radius 2 is 1.07 bits per heavy atom. The highest BCUT2D eigenvalue weighted by atomic mass is 31.2. The van der Waals surface area contributed by atoms with Crippen molar-refractivity contribution in [3.63, 3.8) is 0 Å². The van der Waals surface area contributed by atoms with Crippen LogP contribution in [0.15, 0.2) is 24.3 Å². The largest absolute Gasteiger partial charge is 0.756 e. The van der Waals surface area contributed by atoms with Crippen molar-refractivity contribution in [3.05, 3.63) is 24.3 Å². The number of aliphatic hydroxyl groups excluding tert-OH is 1. The molecule has 9 heteroatoms. The quantitative estimate of drug-likeness (QED) is 0.0276. The third kappa shape index (κ3) is 39.2. The van der Waals surface area contributed by atoms with Crippen molar-refractivity contribution in [2.75, 3.05) is 40.7 Å². The van der Waals surface area contributed by atoms with Crippen LogP contribution in [0.5, 0.6) is 0 Å². The SMILES string of the molecule is [2H]C([2H])([2H])[N+](CCOP(=O)([O-])OC[C@H](NC(=O)CCCCCCCCCCC/C=C\CCCCCCCC)[C@H](O)/C=C/CCCCCCCCCCCCC)(C([2H])([2H])[2H])C([2H])([2H])[2H]. The fourth-order valence-electron chi connectivity index (χ4n) is 6.36. The smallest absolute Gasteiger partial charge is 0.268 e. The van der Waals surface area contributed by atoms with Gasteiger partial charge in [-0.3, -0.25) is 9.36 Å². The molecule has 0 aliphatic carbocycles. The first kappa shape index (κ1) is 38.5. The van der Waals surface area contributed by atoms with Crippen molar-refractivity contribution in [2.45, 2.75) is 219 Å². The van der Waals surface area contributed by atoms with Gasteiger partial charge >= 0.3 is 0 Å². The van der Waals surface area contributed by atoms with Crippen molar-refractivity contribution in [1.29, 1.82) is 0 Å². The van der Waals surface area contributed by atoms with E-state index in [-0.39, 0.29) is 12.3 Å². The molecule has 0 heterocycles. The van der Waals surface area contributed by atoms with Crippen LogP contribution in [-0.4, -0.2) is 68.3 Å². The molecule has 3 atom stereocenters. The number of carbonyl (C=O) groups excluding carboxylic acids is 1. The van der Waals surface area contributed by atoms with Crippen LogP contribution in [0.4, 0.5) is 0 Å². The lowest BCUT2D eigenvalue weighted by molar-refractivity contribution is -0.870. The van der Waals surface area contributed by atoms with Gasteiger partial charge in [-0.15, -0.1) is 0 Å². The summed E-state index contributed by atoms with van der Waals surface area (Å²) >= 11 is 0. The topological polar surface area (TPSA) is 108 Å². The number of rotatable bonds is 41. The van der Waals surface area contributed by atoms with Gasteiger partial charge in [0.2, 0.25) is 5.91 Å². The van der Waals surface area contributed by atoms with E-state index in [1.165, 1.54) is 128 Å². The molecule has 8 nitrogen and oxygen atoms in total. The van der Waals surface area contributed by atoms with E-state index >= 15 is 0 Å². The van der Waals surface area contributed by atoms with E-state index in [0.717, 1.165) is 51.4 Å². The van der Waals surface area contributed by atoms with Gasteiger partial charge in [-0.1, -0.05) is 179 Å². The Bertz CT molecular complexity index is 1200. The molecule has 0 aliphatic heterocycles. The average molecular weight is 794 g/mol. The zero-order chi connectivity index (χ0) is 47.5. The van der Waals surface area contributed by atoms with Crippen LogP contribution in [0.2, 0.25) is 0 Å². The van der Waals surface area contributed by atoms with Gasteiger partial charge in [-0.05, 0) is 44.9 Å². The number of unbranched alkanes of at least 4 members (excludes halogenated alkanes) is 26. The first-order valence-electron chi connectivity index (χ1n) is 26.5. The Balaban J connectivity index is 4.96. The molecule has 54 heavy (non-hydrogen) atoms. The molecule has 0 aromatic carbocycles. The summed E-state index contributed by atoms with van der Waals surface area (Å²) in [6.07, 6.45) is 40.6. The van der Waals surface area contributed by atoms with E-state index < -0.39 is 65.1 Å². The zero-order valence-corrected chi connectivity index (χ0v) is 35.6. The number of quaternary nitrogens is 1. The molecule has 0 aromatic heterocycles.